The van der Waals surface area contributed by atoms with Crippen molar-refractivity contribution in [3.63, 3.8) is 0 Å². The molecule has 3 heterocycles. The fourth-order valence-corrected chi connectivity index (χ4v) is 4.67. The number of hydrogen-bond acceptors (Lipinski definition) is 5. The maximum absolute atomic E-state index is 12.8. The first kappa shape index (κ1) is 17.9. The third-order valence-corrected chi connectivity index (χ3v) is 6.30. The molecule has 2 bridgehead atoms. The maximum atomic E-state index is 12.8. The highest BCUT2D eigenvalue weighted by molar-refractivity contribution is 5.94. The molecule has 0 unspecified atom stereocenters. The van der Waals surface area contributed by atoms with Gasteiger partial charge in [0.15, 0.2) is 0 Å². The Morgan fingerprint density at radius 3 is 2.52 bits per heavy atom. The Morgan fingerprint density at radius 2 is 1.89 bits per heavy atom. The van der Waals surface area contributed by atoms with Crippen molar-refractivity contribution in [1.29, 1.82) is 0 Å². The van der Waals surface area contributed by atoms with Gasteiger partial charge in [0.1, 0.15) is 12.1 Å². The number of rotatable bonds is 4. The van der Waals surface area contributed by atoms with Gasteiger partial charge in [-0.2, -0.15) is 0 Å². The van der Waals surface area contributed by atoms with Crippen LogP contribution in [0.5, 0.6) is 5.75 Å². The van der Waals surface area contributed by atoms with Crippen LogP contribution in [0.2, 0.25) is 0 Å². The monoisotopic (exact) mass is 366 g/mol. The molecule has 27 heavy (non-hydrogen) atoms. The lowest BCUT2D eigenvalue weighted by Crippen LogP contribution is -2.49. The molecule has 0 aliphatic carbocycles. The van der Waals surface area contributed by atoms with Gasteiger partial charge in [-0.3, -0.25) is 9.69 Å². The number of carbonyl (C=O) groups excluding carboxylic acids is 1. The lowest BCUT2D eigenvalue weighted by atomic mass is 9.96. The molecule has 1 aromatic heterocycles. The van der Waals surface area contributed by atoms with Crippen molar-refractivity contribution in [2.75, 3.05) is 20.2 Å². The Bertz CT molecular complexity index is 855. The fraction of sp³-hybridized carbons (Fsp3) is 0.476. The summed E-state index contributed by atoms with van der Waals surface area (Å²) in [4.78, 5) is 25.3. The van der Waals surface area contributed by atoms with E-state index in [1.54, 1.807) is 19.5 Å². The summed E-state index contributed by atoms with van der Waals surface area (Å²) in [6.45, 7) is 8.24. The van der Waals surface area contributed by atoms with Crippen molar-refractivity contribution in [3.8, 4) is 5.75 Å². The second kappa shape index (κ2) is 6.93. The van der Waals surface area contributed by atoms with Gasteiger partial charge in [-0.15, -0.1) is 0 Å². The molecule has 0 saturated carbocycles. The van der Waals surface area contributed by atoms with Crippen LogP contribution >= 0.6 is 0 Å². The smallest absolute Gasteiger partial charge is 0.257 e. The Hall–Kier alpha value is -2.47. The van der Waals surface area contributed by atoms with Gasteiger partial charge in [0.25, 0.3) is 5.91 Å². The van der Waals surface area contributed by atoms with Gasteiger partial charge in [-0.25, -0.2) is 9.97 Å². The van der Waals surface area contributed by atoms with E-state index >= 15 is 0 Å². The maximum Gasteiger partial charge on any atom is 0.257 e. The number of aromatic nitrogens is 2. The van der Waals surface area contributed by atoms with Gasteiger partial charge < -0.3 is 9.64 Å². The summed E-state index contributed by atoms with van der Waals surface area (Å²) in [5, 5.41) is 0. The summed E-state index contributed by atoms with van der Waals surface area (Å²) in [6.07, 6.45) is 5.70. The average Bonchev–Trinajstić information content (AvgIpc) is 3.30. The predicted molar refractivity (Wildman–Crippen MR) is 103 cm³/mol. The Kier molecular flexibility index (Phi) is 4.60. The first-order valence-corrected chi connectivity index (χ1v) is 9.47. The van der Waals surface area contributed by atoms with Crippen LogP contribution in [0.25, 0.3) is 0 Å². The van der Waals surface area contributed by atoms with Gasteiger partial charge in [0.05, 0.1) is 12.7 Å². The van der Waals surface area contributed by atoms with Crippen molar-refractivity contribution in [3.05, 3.63) is 53.1 Å². The quantitative estimate of drug-likeness (QED) is 0.833. The Labute approximate surface area is 160 Å². The zero-order valence-electron chi connectivity index (χ0n) is 16.3. The molecule has 0 spiro atoms. The number of piperazine rings is 1. The highest BCUT2D eigenvalue weighted by Gasteiger charge is 2.47. The van der Waals surface area contributed by atoms with Gasteiger partial charge >= 0.3 is 0 Å². The van der Waals surface area contributed by atoms with Crippen molar-refractivity contribution < 1.29 is 9.53 Å². The molecule has 0 N–H and O–H groups in total. The van der Waals surface area contributed by atoms with Crippen molar-refractivity contribution >= 4 is 5.91 Å². The summed E-state index contributed by atoms with van der Waals surface area (Å²) >= 11 is 0. The van der Waals surface area contributed by atoms with Crippen LogP contribution in [-0.2, 0) is 0 Å². The molecule has 2 aliphatic rings. The molecule has 3 atom stereocenters. The number of fused-ring (bicyclic) bond motifs is 2. The normalized spacial score (nSPS) is 22.9. The highest BCUT2D eigenvalue weighted by Crippen LogP contribution is 2.39. The lowest BCUT2D eigenvalue weighted by Gasteiger charge is -2.38. The molecule has 2 fully saturated rings. The van der Waals surface area contributed by atoms with Gasteiger partial charge in [0, 0.05) is 43.6 Å². The second-order valence-corrected chi connectivity index (χ2v) is 7.61. The molecule has 1 aromatic carbocycles. The van der Waals surface area contributed by atoms with Crippen molar-refractivity contribution in [1.82, 2.24) is 19.8 Å². The number of ether oxygens (including phenoxy) is 1. The summed E-state index contributed by atoms with van der Waals surface area (Å²) in [6, 6.07) is 5.24. The van der Waals surface area contributed by atoms with E-state index in [1.165, 1.54) is 23.0 Å². The van der Waals surface area contributed by atoms with E-state index in [9.17, 15) is 4.79 Å². The van der Waals surface area contributed by atoms with E-state index in [1.807, 2.05) is 4.90 Å². The van der Waals surface area contributed by atoms with Gasteiger partial charge in [-0.1, -0.05) is 6.07 Å². The third-order valence-electron chi connectivity index (χ3n) is 6.30. The van der Waals surface area contributed by atoms with Crippen LogP contribution < -0.4 is 4.74 Å². The van der Waals surface area contributed by atoms with E-state index < -0.39 is 0 Å². The number of likely N-dealkylation sites (tertiary alicyclic amines) is 2. The number of benzene rings is 1. The molecular weight excluding hydrogens is 340 g/mol. The molecular formula is C21H26N4O2. The van der Waals surface area contributed by atoms with Crippen LogP contribution in [0.1, 0.15) is 46.4 Å². The first-order valence-electron chi connectivity index (χ1n) is 9.47. The predicted octanol–water partition coefficient (Wildman–Crippen LogP) is 2.76. The number of hydrogen-bond donors (Lipinski definition) is 0. The topological polar surface area (TPSA) is 58.6 Å². The molecule has 6 heteroatoms. The van der Waals surface area contributed by atoms with E-state index in [2.05, 4.69) is 47.8 Å². The second-order valence-electron chi connectivity index (χ2n) is 7.61. The summed E-state index contributed by atoms with van der Waals surface area (Å²) < 4.78 is 5.45. The fourth-order valence-electron chi connectivity index (χ4n) is 4.67. The molecule has 0 radical (unpaired) electrons. The van der Waals surface area contributed by atoms with Crippen LogP contribution in [0.15, 0.2) is 30.9 Å². The minimum atomic E-state index is 0.0480. The van der Waals surface area contributed by atoms with Gasteiger partial charge in [0.2, 0.25) is 0 Å². The number of carbonyl (C=O) groups is 1. The minimum absolute atomic E-state index is 0.0480. The first-order chi connectivity index (χ1) is 13.0. The number of nitrogens with zero attached hydrogens (tertiary/aromatic N) is 4. The van der Waals surface area contributed by atoms with Crippen molar-refractivity contribution in [2.24, 2.45) is 0 Å². The zero-order valence-corrected chi connectivity index (χ0v) is 16.3. The highest BCUT2D eigenvalue weighted by atomic mass is 16.5. The van der Waals surface area contributed by atoms with E-state index in [0.717, 1.165) is 25.3 Å². The molecule has 6 nitrogen and oxygen atoms in total. The zero-order chi connectivity index (χ0) is 19.1. The molecule has 4 rings (SSSR count). The number of amides is 1. The van der Waals surface area contributed by atoms with Crippen molar-refractivity contribution in [2.45, 2.75) is 45.3 Å². The summed E-state index contributed by atoms with van der Waals surface area (Å²) in [5.74, 6) is 0.986. The third kappa shape index (κ3) is 2.98. The minimum Gasteiger partial charge on any atom is -0.496 e. The molecule has 142 valence electrons. The number of methoxy groups -OCH3 is 1. The molecule has 2 aliphatic heterocycles. The SMILES string of the molecule is COc1ccc([C@H](C)N2C[C@H]3C[C@@H]2CN3C(=O)c2cncnc2)c(C)c1C. The average molecular weight is 366 g/mol. The van der Waals surface area contributed by atoms with Crippen LogP contribution in [0.4, 0.5) is 0 Å². The van der Waals surface area contributed by atoms with E-state index in [-0.39, 0.29) is 11.9 Å². The van der Waals surface area contributed by atoms with Crippen LogP contribution in [0.3, 0.4) is 0 Å². The molecule has 2 aromatic rings. The van der Waals surface area contributed by atoms with Gasteiger partial charge in [-0.05, 0) is 49.9 Å². The Balaban J connectivity index is 1.50. The summed E-state index contributed by atoms with van der Waals surface area (Å²) in [7, 11) is 1.72. The molecule has 1 amide bonds. The van der Waals surface area contributed by atoms with Crippen LogP contribution in [-0.4, -0.2) is 58.0 Å². The lowest BCUT2D eigenvalue weighted by molar-refractivity contribution is 0.0568. The van der Waals surface area contributed by atoms with E-state index in [4.69, 9.17) is 4.74 Å². The summed E-state index contributed by atoms with van der Waals surface area (Å²) in [5.41, 5.74) is 4.41. The molecule has 2 saturated heterocycles. The Morgan fingerprint density at radius 1 is 1.15 bits per heavy atom. The standard InChI is InChI=1S/C21H26N4O2/c1-13-14(2)20(27-4)6-5-19(13)15(3)24-10-18-7-17(24)11-25(18)21(26)16-8-22-12-23-9-16/h5-6,8-9,12,15,17-18H,7,10-11H2,1-4H3/t15-,17+,18+/m0/s1. The van der Waals surface area contributed by atoms with E-state index in [0.29, 0.717) is 17.6 Å². The largest absolute Gasteiger partial charge is 0.496 e. The van der Waals surface area contributed by atoms with Crippen LogP contribution in [0, 0.1) is 13.8 Å².